The SMILES string of the molecule is Cc1ccc(-c2nc(CC(=O)NCc3ccccc3S(=O)(=O)N(C)C)cs2)o1. The van der Waals surface area contributed by atoms with Gasteiger partial charge in [0, 0.05) is 26.0 Å². The largest absolute Gasteiger partial charge is 0.459 e. The van der Waals surface area contributed by atoms with Gasteiger partial charge < -0.3 is 9.73 Å². The lowest BCUT2D eigenvalue weighted by Gasteiger charge is -2.15. The number of furan rings is 1. The molecule has 2 aromatic heterocycles. The highest BCUT2D eigenvalue weighted by molar-refractivity contribution is 7.89. The van der Waals surface area contributed by atoms with Gasteiger partial charge in [0.25, 0.3) is 0 Å². The molecule has 0 radical (unpaired) electrons. The van der Waals surface area contributed by atoms with Crippen molar-refractivity contribution < 1.29 is 17.6 Å². The Hall–Kier alpha value is -2.49. The Balaban J connectivity index is 1.65. The zero-order chi connectivity index (χ0) is 20.3. The molecule has 0 fully saturated rings. The molecule has 3 aromatic rings. The van der Waals surface area contributed by atoms with Gasteiger partial charge in [-0.15, -0.1) is 11.3 Å². The maximum Gasteiger partial charge on any atom is 0.242 e. The number of aromatic nitrogens is 1. The zero-order valence-corrected chi connectivity index (χ0v) is 17.4. The molecule has 0 atom stereocenters. The minimum Gasteiger partial charge on any atom is -0.459 e. The topological polar surface area (TPSA) is 92.5 Å². The molecule has 0 saturated heterocycles. The number of amides is 1. The summed E-state index contributed by atoms with van der Waals surface area (Å²) in [7, 11) is -0.624. The van der Waals surface area contributed by atoms with E-state index in [0.29, 0.717) is 17.0 Å². The van der Waals surface area contributed by atoms with Crippen LogP contribution in [0.15, 0.2) is 51.1 Å². The van der Waals surface area contributed by atoms with Crippen LogP contribution in [-0.4, -0.2) is 37.7 Å². The molecule has 0 unspecified atom stereocenters. The van der Waals surface area contributed by atoms with Crippen molar-refractivity contribution in [2.24, 2.45) is 0 Å². The van der Waals surface area contributed by atoms with Crippen molar-refractivity contribution in [3.05, 3.63) is 58.8 Å². The molecule has 0 aliphatic rings. The molecule has 7 nitrogen and oxygen atoms in total. The molecule has 1 N–H and O–H groups in total. The fourth-order valence-corrected chi connectivity index (χ4v) is 4.46. The van der Waals surface area contributed by atoms with Crippen molar-refractivity contribution >= 4 is 27.3 Å². The lowest BCUT2D eigenvalue weighted by molar-refractivity contribution is -0.120. The number of rotatable bonds is 7. The Morgan fingerprint density at radius 2 is 1.96 bits per heavy atom. The standard InChI is InChI=1S/C19H21N3O4S2/c1-13-8-9-16(26-13)19-21-15(12-27-19)10-18(23)20-11-14-6-4-5-7-17(14)28(24,25)22(2)3/h4-9,12H,10-11H2,1-3H3,(H,20,23). The minimum atomic E-state index is -3.58. The number of carbonyl (C=O) groups is 1. The summed E-state index contributed by atoms with van der Waals surface area (Å²) in [6.07, 6.45) is 0.110. The van der Waals surface area contributed by atoms with Gasteiger partial charge in [-0.25, -0.2) is 17.7 Å². The van der Waals surface area contributed by atoms with Crippen LogP contribution in [0.4, 0.5) is 0 Å². The van der Waals surface area contributed by atoms with Gasteiger partial charge in [0.1, 0.15) is 5.76 Å². The average molecular weight is 420 g/mol. The number of nitrogens with one attached hydrogen (secondary N) is 1. The molecular weight excluding hydrogens is 398 g/mol. The van der Waals surface area contributed by atoms with Gasteiger partial charge in [0.15, 0.2) is 10.8 Å². The van der Waals surface area contributed by atoms with E-state index in [1.807, 2.05) is 24.4 Å². The third kappa shape index (κ3) is 4.49. The normalized spacial score (nSPS) is 11.7. The number of thiazole rings is 1. The molecule has 9 heteroatoms. The Labute approximate surface area is 168 Å². The van der Waals surface area contributed by atoms with Crippen molar-refractivity contribution in [1.29, 1.82) is 0 Å². The number of hydrogen-bond donors (Lipinski definition) is 1. The Kier molecular flexibility index (Phi) is 5.97. The third-order valence-corrected chi connectivity index (χ3v) is 6.87. The number of sulfonamides is 1. The Morgan fingerprint density at radius 3 is 2.64 bits per heavy atom. The van der Waals surface area contributed by atoms with Crippen molar-refractivity contribution in [2.75, 3.05) is 14.1 Å². The van der Waals surface area contributed by atoms with E-state index in [1.165, 1.54) is 31.5 Å². The van der Waals surface area contributed by atoms with Crippen LogP contribution in [0.2, 0.25) is 0 Å². The number of carbonyl (C=O) groups excluding carboxylic acids is 1. The highest BCUT2D eigenvalue weighted by Gasteiger charge is 2.21. The highest BCUT2D eigenvalue weighted by atomic mass is 32.2. The summed E-state index contributed by atoms with van der Waals surface area (Å²) in [4.78, 5) is 16.9. The molecule has 2 heterocycles. The smallest absolute Gasteiger partial charge is 0.242 e. The molecule has 0 aliphatic carbocycles. The van der Waals surface area contributed by atoms with Gasteiger partial charge in [0.2, 0.25) is 15.9 Å². The summed E-state index contributed by atoms with van der Waals surface area (Å²) in [5.74, 6) is 1.25. The zero-order valence-electron chi connectivity index (χ0n) is 15.8. The maximum absolute atomic E-state index is 12.4. The number of aryl methyl sites for hydroxylation is 1. The number of nitrogens with zero attached hydrogens (tertiary/aromatic N) is 2. The molecule has 0 spiro atoms. The fourth-order valence-electron chi connectivity index (χ4n) is 2.57. The average Bonchev–Trinajstić information content (AvgIpc) is 3.29. The minimum absolute atomic E-state index is 0.110. The van der Waals surface area contributed by atoms with Gasteiger partial charge in [-0.05, 0) is 30.7 Å². The summed E-state index contributed by atoms with van der Waals surface area (Å²) < 4.78 is 31.5. The first-order valence-corrected chi connectivity index (χ1v) is 10.9. The van der Waals surface area contributed by atoms with E-state index in [-0.39, 0.29) is 23.8 Å². The monoisotopic (exact) mass is 419 g/mol. The third-order valence-electron chi connectivity index (χ3n) is 4.05. The van der Waals surface area contributed by atoms with E-state index in [4.69, 9.17) is 4.42 Å². The summed E-state index contributed by atoms with van der Waals surface area (Å²) in [5.41, 5.74) is 1.18. The number of benzene rings is 1. The molecule has 1 aromatic carbocycles. The van der Waals surface area contributed by atoms with Gasteiger partial charge >= 0.3 is 0 Å². The van der Waals surface area contributed by atoms with Crippen molar-refractivity contribution in [1.82, 2.24) is 14.6 Å². The van der Waals surface area contributed by atoms with E-state index < -0.39 is 10.0 Å². The Morgan fingerprint density at radius 1 is 1.21 bits per heavy atom. The lowest BCUT2D eigenvalue weighted by atomic mass is 10.2. The second-order valence-electron chi connectivity index (χ2n) is 6.40. The van der Waals surface area contributed by atoms with Gasteiger partial charge in [-0.1, -0.05) is 18.2 Å². The van der Waals surface area contributed by atoms with Crippen LogP contribution in [0.25, 0.3) is 10.8 Å². The summed E-state index contributed by atoms with van der Waals surface area (Å²) in [5, 5.41) is 5.31. The van der Waals surface area contributed by atoms with Crippen LogP contribution in [0.5, 0.6) is 0 Å². The molecular formula is C19H21N3O4S2. The Bertz CT molecular complexity index is 1080. The predicted octanol–water partition coefficient (Wildman–Crippen LogP) is 2.82. The van der Waals surface area contributed by atoms with E-state index in [2.05, 4.69) is 10.3 Å². The van der Waals surface area contributed by atoms with Crippen molar-refractivity contribution in [3.63, 3.8) is 0 Å². The van der Waals surface area contributed by atoms with E-state index in [1.54, 1.807) is 18.2 Å². The van der Waals surface area contributed by atoms with Crippen LogP contribution in [0.3, 0.4) is 0 Å². The molecule has 1 amide bonds. The predicted molar refractivity (Wildman–Crippen MR) is 107 cm³/mol. The van der Waals surface area contributed by atoms with Crippen LogP contribution in [0, 0.1) is 6.92 Å². The summed E-state index contributed by atoms with van der Waals surface area (Å²) in [6, 6.07) is 10.3. The molecule has 0 saturated carbocycles. The van der Waals surface area contributed by atoms with Crippen LogP contribution in [-0.2, 0) is 27.8 Å². The first kappa shape index (κ1) is 20.2. The molecule has 0 aliphatic heterocycles. The van der Waals surface area contributed by atoms with Crippen LogP contribution in [0.1, 0.15) is 17.0 Å². The molecule has 0 bridgehead atoms. The molecule has 148 valence electrons. The second-order valence-corrected chi connectivity index (χ2v) is 9.38. The summed E-state index contributed by atoms with van der Waals surface area (Å²) in [6.45, 7) is 1.98. The van der Waals surface area contributed by atoms with Crippen LogP contribution >= 0.6 is 11.3 Å². The fraction of sp³-hybridized carbons (Fsp3) is 0.263. The van der Waals surface area contributed by atoms with Crippen LogP contribution < -0.4 is 5.32 Å². The van der Waals surface area contributed by atoms with Crippen molar-refractivity contribution in [3.8, 4) is 10.8 Å². The molecule has 3 rings (SSSR count). The lowest BCUT2D eigenvalue weighted by Crippen LogP contribution is -2.28. The first-order valence-electron chi connectivity index (χ1n) is 8.55. The van der Waals surface area contributed by atoms with Gasteiger partial charge in [-0.3, -0.25) is 4.79 Å². The maximum atomic E-state index is 12.4. The van der Waals surface area contributed by atoms with Gasteiger partial charge in [-0.2, -0.15) is 0 Å². The van der Waals surface area contributed by atoms with E-state index >= 15 is 0 Å². The highest BCUT2D eigenvalue weighted by Crippen LogP contribution is 2.25. The van der Waals surface area contributed by atoms with Gasteiger partial charge in [0.05, 0.1) is 17.0 Å². The second kappa shape index (κ2) is 8.26. The molecule has 28 heavy (non-hydrogen) atoms. The summed E-state index contributed by atoms with van der Waals surface area (Å²) >= 11 is 1.41. The van der Waals surface area contributed by atoms with E-state index in [9.17, 15) is 13.2 Å². The first-order chi connectivity index (χ1) is 13.3. The quantitative estimate of drug-likeness (QED) is 0.636. The van der Waals surface area contributed by atoms with Crippen molar-refractivity contribution in [2.45, 2.75) is 24.8 Å². The van der Waals surface area contributed by atoms with E-state index in [0.717, 1.165) is 15.1 Å². The number of hydrogen-bond acceptors (Lipinski definition) is 6.